The highest BCUT2D eigenvalue weighted by molar-refractivity contribution is 6.04. The van der Waals surface area contributed by atoms with Gasteiger partial charge in [-0.25, -0.2) is 0 Å². The van der Waals surface area contributed by atoms with E-state index in [0.29, 0.717) is 18.8 Å². The van der Waals surface area contributed by atoms with Crippen molar-refractivity contribution in [2.75, 3.05) is 6.61 Å². The molecule has 0 spiro atoms. The number of carbonyl (C=O) groups is 2. The molecule has 2 fully saturated rings. The Morgan fingerprint density at radius 1 is 0.733 bits per heavy atom. The summed E-state index contributed by atoms with van der Waals surface area (Å²) in [6, 6.07) is 38.0. The van der Waals surface area contributed by atoms with Crippen LogP contribution in [-0.4, -0.2) is 48.3 Å². The number of benzene rings is 4. The summed E-state index contributed by atoms with van der Waals surface area (Å²) in [6.45, 7) is 2.93. The Kier molecular flexibility index (Phi) is 9.81. The van der Waals surface area contributed by atoms with Gasteiger partial charge in [0, 0.05) is 11.5 Å². The van der Waals surface area contributed by atoms with E-state index in [4.69, 9.17) is 18.9 Å². The van der Waals surface area contributed by atoms with E-state index in [1.807, 2.05) is 116 Å². The molecular formula is C38H39NO6. The minimum absolute atomic E-state index is 0.144. The number of ketones is 1. The first-order valence-corrected chi connectivity index (χ1v) is 15.5. The molecule has 0 saturated carbocycles. The highest BCUT2D eigenvalue weighted by Gasteiger charge is 2.62. The zero-order valence-electron chi connectivity index (χ0n) is 25.4. The van der Waals surface area contributed by atoms with Crippen molar-refractivity contribution < 1.29 is 28.5 Å². The molecule has 0 bridgehead atoms. The Balaban J connectivity index is 1.38. The zero-order valence-corrected chi connectivity index (χ0v) is 25.4. The summed E-state index contributed by atoms with van der Waals surface area (Å²) in [6.07, 6.45) is -1.82. The summed E-state index contributed by atoms with van der Waals surface area (Å²) >= 11 is 0. The number of fused-ring (bicyclic) bond motifs is 1. The van der Waals surface area contributed by atoms with E-state index in [0.717, 1.165) is 16.7 Å². The second-order valence-corrected chi connectivity index (χ2v) is 11.9. The zero-order chi connectivity index (χ0) is 31.1. The van der Waals surface area contributed by atoms with Crippen molar-refractivity contribution in [3.8, 4) is 0 Å². The molecule has 232 valence electrons. The molecule has 0 radical (unpaired) electrons. The van der Waals surface area contributed by atoms with Crippen LogP contribution in [0.3, 0.4) is 0 Å². The Hall–Kier alpha value is -4.14. The molecule has 0 aromatic heterocycles. The lowest BCUT2D eigenvalue weighted by molar-refractivity contribution is -0.259. The van der Waals surface area contributed by atoms with Crippen LogP contribution in [0.1, 0.15) is 40.4 Å². The van der Waals surface area contributed by atoms with Gasteiger partial charge in [-0.15, -0.1) is 0 Å². The number of piperidine rings is 1. The second-order valence-electron chi connectivity index (χ2n) is 11.9. The SMILES string of the molecule is C[C@@H]1C[C@]2(C(=O)c3ccccc3)O[C@H](COCc3ccccc3)[C@H](OCc3ccccc3)[C@H](OCc3ccccc3)[C@H]2NC1=O. The van der Waals surface area contributed by atoms with Gasteiger partial charge in [0.25, 0.3) is 0 Å². The smallest absolute Gasteiger partial charge is 0.223 e. The van der Waals surface area contributed by atoms with Crippen LogP contribution in [0.4, 0.5) is 0 Å². The van der Waals surface area contributed by atoms with Crippen molar-refractivity contribution in [3.05, 3.63) is 144 Å². The van der Waals surface area contributed by atoms with Crippen molar-refractivity contribution in [3.63, 3.8) is 0 Å². The molecule has 2 heterocycles. The minimum Gasteiger partial charge on any atom is -0.374 e. The highest BCUT2D eigenvalue weighted by Crippen LogP contribution is 2.43. The third-order valence-electron chi connectivity index (χ3n) is 8.62. The average molecular weight is 606 g/mol. The first-order valence-electron chi connectivity index (χ1n) is 15.5. The molecule has 2 saturated heterocycles. The minimum atomic E-state index is -1.39. The maximum Gasteiger partial charge on any atom is 0.223 e. The first kappa shape index (κ1) is 30.9. The van der Waals surface area contributed by atoms with Gasteiger partial charge < -0.3 is 24.3 Å². The van der Waals surface area contributed by atoms with Crippen LogP contribution in [0.15, 0.2) is 121 Å². The van der Waals surface area contributed by atoms with Gasteiger partial charge in [-0.05, 0) is 23.1 Å². The van der Waals surface area contributed by atoms with Crippen LogP contribution in [0.5, 0.6) is 0 Å². The predicted octanol–water partition coefficient (Wildman–Crippen LogP) is 5.92. The Morgan fingerprint density at radius 3 is 1.78 bits per heavy atom. The average Bonchev–Trinajstić information content (AvgIpc) is 3.09. The van der Waals surface area contributed by atoms with E-state index < -0.39 is 35.9 Å². The van der Waals surface area contributed by atoms with Gasteiger partial charge in [0.15, 0.2) is 11.4 Å². The van der Waals surface area contributed by atoms with Crippen molar-refractivity contribution in [2.24, 2.45) is 5.92 Å². The molecule has 7 heteroatoms. The molecule has 0 unspecified atom stereocenters. The normalized spacial score (nSPS) is 26.1. The third kappa shape index (κ3) is 7.08. The molecule has 4 aromatic rings. The molecule has 2 aliphatic rings. The van der Waals surface area contributed by atoms with Crippen LogP contribution in [0.25, 0.3) is 0 Å². The van der Waals surface area contributed by atoms with Gasteiger partial charge in [-0.1, -0.05) is 128 Å². The van der Waals surface area contributed by atoms with E-state index in [1.165, 1.54) is 0 Å². The summed E-state index contributed by atoms with van der Waals surface area (Å²) in [5, 5.41) is 3.15. The van der Waals surface area contributed by atoms with Gasteiger partial charge in [0.05, 0.1) is 32.5 Å². The molecule has 7 nitrogen and oxygen atoms in total. The summed E-state index contributed by atoms with van der Waals surface area (Å²) in [5.41, 5.74) is 2.11. The fourth-order valence-corrected chi connectivity index (χ4v) is 6.34. The van der Waals surface area contributed by atoms with Crippen molar-refractivity contribution in [1.82, 2.24) is 5.32 Å². The Morgan fingerprint density at radius 2 is 1.22 bits per heavy atom. The van der Waals surface area contributed by atoms with Crippen molar-refractivity contribution in [2.45, 2.75) is 63.1 Å². The van der Waals surface area contributed by atoms with Gasteiger partial charge in [0.2, 0.25) is 5.91 Å². The van der Waals surface area contributed by atoms with Gasteiger partial charge in [-0.2, -0.15) is 0 Å². The predicted molar refractivity (Wildman–Crippen MR) is 170 cm³/mol. The largest absolute Gasteiger partial charge is 0.374 e. The number of hydrogen-bond acceptors (Lipinski definition) is 6. The first-order chi connectivity index (χ1) is 22.0. The molecule has 45 heavy (non-hydrogen) atoms. The van der Waals surface area contributed by atoms with Crippen LogP contribution in [0.2, 0.25) is 0 Å². The highest BCUT2D eigenvalue weighted by atomic mass is 16.6. The number of hydrogen-bond donors (Lipinski definition) is 1. The standard InChI is InChI=1S/C38H39NO6/c1-27-22-38(36(40)31-20-12-5-13-21-31)35(39-37(27)41)34(44-25-30-18-10-4-11-19-30)33(43-24-29-16-8-3-9-17-29)32(45-38)26-42-23-28-14-6-2-7-15-28/h2-21,27,32-35H,22-26H2,1H3,(H,39,41)/t27-,32-,33+,34+,35-,38+/m1/s1. The van der Waals surface area contributed by atoms with Crippen molar-refractivity contribution >= 4 is 11.7 Å². The summed E-state index contributed by atoms with van der Waals surface area (Å²) in [4.78, 5) is 27.8. The third-order valence-corrected chi connectivity index (χ3v) is 8.62. The van der Waals surface area contributed by atoms with Crippen LogP contribution in [0, 0.1) is 5.92 Å². The van der Waals surface area contributed by atoms with E-state index >= 15 is 0 Å². The monoisotopic (exact) mass is 605 g/mol. The van der Waals surface area contributed by atoms with E-state index in [1.54, 1.807) is 12.1 Å². The maximum atomic E-state index is 14.5. The van der Waals surface area contributed by atoms with E-state index in [9.17, 15) is 9.59 Å². The quantitative estimate of drug-likeness (QED) is 0.202. The lowest BCUT2D eigenvalue weighted by atomic mass is 9.70. The van der Waals surface area contributed by atoms with Crippen LogP contribution in [-0.2, 0) is 43.6 Å². The maximum absolute atomic E-state index is 14.5. The van der Waals surface area contributed by atoms with E-state index in [-0.39, 0.29) is 31.3 Å². The number of nitrogens with one attached hydrogen (secondary N) is 1. The molecule has 6 rings (SSSR count). The number of amides is 1. The Bertz CT molecular complexity index is 1530. The van der Waals surface area contributed by atoms with Crippen LogP contribution < -0.4 is 5.32 Å². The molecule has 6 atom stereocenters. The fourth-order valence-electron chi connectivity index (χ4n) is 6.34. The molecular weight excluding hydrogens is 566 g/mol. The van der Waals surface area contributed by atoms with Gasteiger partial charge in [0.1, 0.15) is 18.3 Å². The van der Waals surface area contributed by atoms with E-state index in [2.05, 4.69) is 5.32 Å². The summed E-state index contributed by atoms with van der Waals surface area (Å²) in [7, 11) is 0. The number of rotatable bonds is 12. The Labute approximate surface area is 264 Å². The molecule has 1 N–H and O–H groups in total. The lowest BCUT2D eigenvalue weighted by Crippen LogP contribution is -2.76. The summed E-state index contributed by atoms with van der Waals surface area (Å²) < 4.78 is 26.5. The molecule has 4 aromatic carbocycles. The fraction of sp³-hybridized carbons (Fsp3) is 0.316. The number of Topliss-reactive ketones (excluding diaryl/α,β-unsaturated/α-hetero) is 1. The summed E-state index contributed by atoms with van der Waals surface area (Å²) in [5.74, 6) is -0.784. The number of carbonyl (C=O) groups excluding carboxylic acids is 2. The van der Waals surface area contributed by atoms with Gasteiger partial charge in [-0.3, -0.25) is 9.59 Å². The molecule has 1 amide bonds. The lowest BCUT2D eigenvalue weighted by Gasteiger charge is -2.55. The number of ether oxygens (including phenoxy) is 4. The van der Waals surface area contributed by atoms with Crippen molar-refractivity contribution in [1.29, 1.82) is 0 Å². The second kappa shape index (κ2) is 14.3. The van der Waals surface area contributed by atoms with Gasteiger partial charge >= 0.3 is 0 Å². The molecule has 0 aliphatic carbocycles. The topological polar surface area (TPSA) is 83.1 Å². The molecule has 2 aliphatic heterocycles. The van der Waals surface area contributed by atoms with Crippen LogP contribution >= 0.6 is 0 Å².